The lowest BCUT2D eigenvalue weighted by atomic mass is 9.96. The van der Waals surface area contributed by atoms with Gasteiger partial charge in [-0.3, -0.25) is 14.4 Å². The van der Waals surface area contributed by atoms with E-state index in [1.165, 1.54) is 24.5 Å². The second-order valence-electron chi connectivity index (χ2n) is 11.0. The van der Waals surface area contributed by atoms with Crippen molar-refractivity contribution in [2.24, 2.45) is 7.05 Å². The number of fused-ring (bicyclic) bond motifs is 2. The van der Waals surface area contributed by atoms with E-state index in [1.807, 2.05) is 0 Å². The molecule has 3 heterocycles. The van der Waals surface area contributed by atoms with Crippen molar-refractivity contribution >= 4 is 44.1 Å². The second-order valence-corrected chi connectivity index (χ2v) is 13.1. The van der Waals surface area contributed by atoms with Crippen molar-refractivity contribution in [3.63, 3.8) is 0 Å². The molecule has 232 valence electrons. The lowest BCUT2D eigenvalue weighted by molar-refractivity contribution is -0.156. The molecule has 2 atom stereocenters. The number of hydrogen-bond acceptors (Lipinski definition) is 8. The van der Waals surface area contributed by atoms with Crippen LogP contribution in [0.1, 0.15) is 43.9 Å². The summed E-state index contributed by atoms with van der Waals surface area (Å²) in [5.41, 5.74) is 2.75. The maximum Gasteiger partial charge on any atom is 0.303 e. The molecule has 0 aliphatic carbocycles. The highest BCUT2D eigenvalue weighted by atomic mass is 32.2. The van der Waals surface area contributed by atoms with Crippen molar-refractivity contribution in [3.05, 3.63) is 81.9 Å². The zero-order valence-electron chi connectivity index (χ0n) is 24.5. The number of pyridine rings is 1. The van der Waals surface area contributed by atoms with Gasteiger partial charge in [0.15, 0.2) is 9.84 Å². The standard InChI is InChI=1S/C31H31F2N3O7S/c1-17(37)42-15-21(43-18(2)38)7-10-27-23-13-34-30-29(23)24(14-35(3)31(30)39)22-11-19(16-44(4,40)41)5-8-26(22)36(27)28-9-6-20(32)12-25(28)33/h5-6,8-9,11-14,21,27,34H,7,10,15-16H2,1-4H3. The Hall–Kier alpha value is -4.52. The number of nitrogens with one attached hydrogen (secondary N) is 1. The molecule has 0 fully saturated rings. The van der Waals surface area contributed by atoms with Gasteiger partial charge in [0, 0.05) is 73.4 Å². The average Bonchev–Trinajstić information content (AvgIpc) is 3.32. The van der Waals surface area contributed by atoms with E-state index in [-0.39, 0.29) is 36.4 Å². The highest BCUT2D eigenvalue weighted by Gasteiger charge is 2.35. The molecule has 5 rings (SSSR count). The maximum absolute atomic E-state index is 15.6. The van der Waals surface area contributed by atoms with Crippen molar-refractivity contribution < 1.29 is 36.3 Å². The largest absolute Gasteiger partial charge is 0.462 e. The number of carbonyl (C=O) groups is 2. The summed E-state index contributed by atoms with van der Waals surface area (Å²) in [6, 6.07) is 7.53. The number of H-pyrrole nitrogens is 1. The fourth-order valence-corrected chi connectivity index (χ4v) is 6.58. The van der Waals surface area contributed by atoms with E-state index in [0.29, 0.717) is 38.8 Å². The van der Waals surface area contributed by atoms with Crippen LogP contribution in [-0.2, 0) is 41.7 Å². The third kappa shape index (κ3) is 6.23. The maximum atomic E-state index is 15.6. The zero-order chi connectivity index (χ0) is 31.9. The molecule has 2 aromatic heterocycles. The van der Waals surface area contributed by atoms with Crippen LogP contribution in [-0.4, -0.2) is 48.9 Å². The fourth-order valence-electron chi connectivity index (χ4n) is 5.79. The van der Waals surface area contributed by atoms with Crippen LogP contribution >= 0.6 is 0 Å². The zero-order valence-corrected chi connectivity index (χ0v) is 25.3. The molecule has 1 aliphatic rings. The molecule has 2 aromatic carbocycles. The van der Waals surface area contributed by atoms with E-state index in [0.717, 1.165) is 18.4 Å². The minimum Gasteiger partial charge on any atom is -0.462 e. The monoisotopic (exact) mass is 627 g/mol. The summed E-state index contributed by atoms with van der Waals surface area (Å²) in [5.74, 6) is -2.99. The van der Waals surface area contributed by atoms with Crippen molar-refractivity contribution in [3.8, 4) is 11.1 Å². The first-order valence-corrected chi connectivity index (χ1v) is 15.9. The number of ether oxygens (including phenoxy) is 2. The molecule has 0 saturated heterocycles. The lowest BCUT2D eigenvalue weighted by Gasteiger charge is -2.35. The predicted octanol–water partition coefficient (Wildman–Crippen LogP) is 4.82. The van der Waals surface area contributed by atoms with Crippen LogP contribution in [0.15, 0.2) is 53.6 Å². The molecular weight excluding hydrogens is 596 g/mol. The normalized spacial score (nSPS) is 15.0. The van der Waals surface area contributed by atoms with Crippen molar-refractivity contribution in [2.45, 2.75) is 44.6 Å². The highest BCUT2D eigenvalue weighted by molar-refractivity contribution is 7.89. The molecule has 0 radical (unpaired) electrons. The number of carbonyl (C=O) groups excluding carboxylic acids is 2. The molecule has 44 heavy (non-hydrogen) atoms. The Kier molecular flexibility index (Phi) is 8.34. The van der Waals surface area contributed by atoms with Gasteiger partial charge in [-0.15, -0.1) is 0 Å². The summed E-state index contributed by atoms with van der Waals surface area (Å²) in [5, 5.41) is 0.560. The molecule has 4 aromatic rings. The molecule has 1 aliphatic heterocycles. The van der Waals surface area contributed by atoms with Gasteiger partial charge in [0.05, 0.1) is 17.5 Å². The number of halogens is 2. The van der Waals surface area contributed by atoms with E-state index >= 15 is 4.39 Å². The average molecular weight is 628 g/mol. The summed E-state index contributed by atoms with van der Waals surface area (Å²) in [6.45, 7) is 2.27. The molecule has 0 spiro atoms. The Morgan fingerprint density at radius 1 is 1.05 bits per heavy atom. The third-order valence-electron chi connectivity index (χ3n) is 7.48. The van der Waals surface area contributed by atoms with Gasteiger partial charge in [0.1, 0.15) is 29.9 Å². The summed E-state index contributed by atoms with van der Waals surface area (Å²) in [6.07, 6.45) is 3.99. The Morgan fingerprint density at radius 3 is 2.43 bits per heavy atom. The van der Waals surface area contributed by atoms with Gasteiger partial charge in [-0.2, -0.15) is 0 Å². The predicted molar refractivity (Wildman–Crippen MR) is 160 cm³/mol. The number of aromatic amines is 1. The van der Waals surface area contributed by atoms with E-state index < -0.39 is 45.6 Å². The highest BCUT2D eigenvalue weighted by Crippen LogP contribution is 2.50. The van der Waals surface area contributed by atoms with Gasteiger partial charge in [-0.05, 0) is 42.7 Å². The van der Waals surface area contributed by atoms with E-state index in [2.05, 4.69) is 4.98 Å². The van der Waals surface area contributed by atoms with Gasteiger partial charge in [0.2, 0.25) is 0 Å². The van der Waals surface area contributed by atoms with Crippen LogP contribution in [0.3, 0.4) is 0 Å². The molecule has 1 N–H and O–H groups in total. The van der Waals surface area contributed by atoms with Gasteiger partial charge in [-0.25, -0.2) is 17.2 Å². The van der Waals surface area contributed by atoms with Crippen LogP contribution in [0, 0.1) is 11.6 Å². The van der Waals surface area contributed by atoms with Gasteiger partial charge in [-0.1, -0.05) is 6.07 Å². The molecular formula is C31H31F2N3O7S. The topological polar surface area (TPSA) is 128 Å². The fraction of sp³-hybridized carbons (Fsp3) is 0.323. The summed E-state index contributed by atoms with van der Waals surface area (Å²) in [7, 11) is -1.82. The first-order valence-electron chi connectivity index (χ1n) is 13.8. The second kappa shape index (κ2) is 11.9. The summed E-state index contributed by atoms with van der Waals surface area (Å²) >= 11 is 0. The van der Waals surface area contributed by atoms with Crippen LogP contribution in [0.5, 0.6) is 0 Å². The number of esters is 2. The van der Waals surface area contributed by atoms with Crippen LogP contribution in [0.4, 0.5) is 20.2 Å². The number of benzene rings is 2. The summed E-state index contributed by atoms with van der Waals surface area (Å²) in [4.78, 5) is 41.3. The molecule has 0 amide bonds. The van der Waals surface area contributed by atoms with Crippen molar-refractivity contribution in [1.82, 2.24) is 9.55 Å². The number of sulfone groups is 1. The quantitative estimate of drug-likeness (QED) is 0.262. The van der Waals surface area contributed by atoms with Gasteiger partial charge in [0.25, 0.3) is 5.56 Å². The number of hydrogen-bond donors (Lipinski definition) is 1. The first-order chi connectivity index (χ1) is 20.7. The Labute approximate surface area is 252 Å². The molecule has 0 saturated carbocycles. The van der Waals surface area contributed by atoms with Gasteiger partial charge < -0.3 is 23.9 Å². The lowest BCUT2D eigenvalue weighted by Crippen LogP contribution is -2.28. The minimum atomic E-state index is -3.41. The smallest absolute Gasteiger partial charge is 0.303 e. The molecule has 0 bridgehead atoms. The Bertz CT molecular complexity index is 1950. The molecule has 10 nitrogen and oxygen atoms in total. The van der Waals surface area contributed by atoms with Crippen molar-refractivity contribution in [2.75, 3.05) is 17.8 Å². The Morgan fingerprint density at radius 2 is 1.77 bits per heavy atom. The van der Waals surface area contributed by atoms with Crippen LogP contribution in [0.2, 0.25) is 0 Å². The number of anilines is 2. The van der Waals surface area contributed by atoms with E-state index in [1.54, 1.807) is 42.5 Å². The number of nitrogens with zero attached hydrogens (tertiary/aromatic N) is 2. The third-order valence-corrected chi connectivity index (χ3v) is 8.34. The first kappa shape index (κ1) is 30.9. The minimum absolute atomic E-state index is 0.0337. The van der Waals surface area contributed by atoms with Crippen LogP contribution in [0.25, 0.3) is 22.0 Å². The van der Waals surface area contributed by atoms with E-state index in [9.17, 15) is 27.2 Å². The van der Waals surface area contributed by atoms with Gasteiger partial charge >= 0.3 is 11.9 Å². The number of rotatable bonds is 9. The van der Waals surface area contributed by atoms with Crippen LogP contribution < -0.4 is 10.5 Å². The Balaban J connectivity index is 1.76. The SMILES string of the molecule is CC(=O)OCC(CCC1c2c[nH]c3c(=O)n(C)cc(c23)-c2cc(CS(C)(=O)=O)ccc2N1c1ccc(F)cc1F)OC(C)=O. The number of aromatic nitrogens is 2. The van der Waals surface area contributed by atoms with Crippen molar-refractivity contribution in [1.29, 1.82) is 0 Å². The number of aryl methyl sites for hydroxylation is 1. The van der Waals surface area contributed by atoms with E-state index in [4.69, 9.17) is 9.47 Å². The molecule has 13 heteroatoms. The molecule has 2 unspecified atom stereocenters. The summed E-state index contributed by atoms with van der Waals surface area (Å²) < 4.78 is 66.1.